The summed E-state index contributed by atoms with van der Waals surface area (Å²) in [5, 5.41) is 10.1. The molecule has 0 saturated heterocycles. The molecule has 0 spiro atoms. The van der Waals surface area contributed by atoms with Crippen LogP contribution in [0.15, 0.2) is 36.4 Å². The molecular weight excluding hydrogens is 282 g/mol. The third kappa shape index (κ3) is 2.21. The van der Waals surface area contributed by atoms with E-state index in [-0.39, 0.29) is 12.2 Å². The third-order valence-electron chi connectivity index (χ3n) is 3.83. The van der Waals surface area contributed by atoms with E-state index >= 15 is 0 Å². The van der Waals surface area contributed by atoms with Crippen LogP contribution in [0, 0.1) is 0 Å². The molecule has 0 radical (unpaired) electrons. The Bertz CT molecular complexity index is 747. The summed E-state index contributed by atoms with van der Waals surface area (Å²) in [5.74, 6) is 0.320. The van der Waals surface area contributed by atoms with Gasteiger partial charge in [-0.05, 0) is 18.2 Å². The molecule has 0 saturated carbocycles. The van der Waals surface area contributed by atoms with Crippen molar-refractivity contribution in [2.45, 2.75) is 17.8 Å². The molecule has 116 valence electrons. The number of hydrogen-bond donors (Lipinski definition) is 6. The van der Waals surface area contributed by atoms with Crippen LogP contribution in [0.1, 0.15) is 17.5 Å². The first-order valence-corrected chi connectivity index (χ1v) is 6.76. The van der Waals surface area contributed by atoms with Crippen molar-refractivity contribution in [2.75, 3.05) is 11.5 Å². The average Bonchev–Trinajstić information content (AvgIpc) is 2.35. The Labute approximate surface area is 127 Å². The van der Waals surface area contributed by atoms with Crippen LogP contribution in [-0.4, -0.2) is 5.11 Å². The number of benzene rings is 2. The summed E-state index contributed by atoms with van der Waals surface area (Å²) >= 11 is 0. The van der Waals surface area contributed by atoms with Gasteiger partial charge in [0.25, 0.3) is 0 Å². The number of hydrogen-bond acceptors (Lipinski definition) is 7. The van der Waals surface area contributed by atoms with E-state index in [4.69, 9.17) is 33.4 Å². The van der Waals surface area contributed by atoms with E-state index < -0.39 is 11.4 Å². The van der Waals surface area contributed by atoms with E-state index in [1.807, 2.05) is 0 Å². The quantitative estimate of drug-likeness (QED) is 0.324. The molecule has 7 nitrogen and oxygen atoms in total. The van der Waals surface area contributed by atoms with E-state index in [0.29, 0.717) is 28.3 Å². The van der Waals surface area contributed by atoms with Crippen molar-refractivity contribution >= 4 is 11.4 Å². The molecule has 3 rings (SSSR count). The van der Waals surface area contributed by atoms with Crippen molar-refractivity contribution < 1.29 is 9.84 Å². The molecule has 0 aliphatic carbocycles. The molecule has 11 N–H and O–H groups in total. The van der Waals surface area contributed by atoms with Crippen LogP contribution in [0.5, 0.6) is 11.5 Å². The standard InChI is InChI=1S/C15H19N5O2/c16-8-1-3-10(12(21)5-8)15(20)7-14(18,19)11-4-2-9(17)6-13(11)22-15/h1-6,21H,7,16-20H2. The zero-order chi connectivity index (χ0) is 16.1. The number of nitrogen functional groups attached to an aromatic ring is 2. The fourth-order valence-corrected chi connectivity index (χ4v) is 2.83. The predicted octanol–water partition coefficient (Wildman–Crippen LogP) is 0.221. The Kier molecular flexibility index (Phi) is 2.96. The first-order valence-electron chi connectivity index (χ1n) is 6.76. The summed E-state index contributed by atoms with van der Waals surface area (Å²) < 4.78 is 5.88. The molecule has 0 aromatic heterocycles. The van der Waals surface area contributed by atoms with Crippen LogP contribution in [-0.2, 0) is 11.4 Å². The minimum Gasteiger partial charge on any atom is -0.507 e. The maximum atomic E-state index is 10.1. The highest BCUT2D eigenvalue weighted by molar-refractivity contribution is 5.55. The number of phenols is 1. The molecule has 2 aromatic carbocycles. The summed E-state index contributed by atoms with van der Waals surface area (Å²) in [6.45, 7) is 0. The maximum Gasteiger partial charge on any atom is 0.191 e. The van der Waals surface area contributed by atoms with Crippen LogP contribution in [0.2, 0.25) is 0 Å². The van der Waals surface area contributed by atoms with Crippen LogP contribution >= 0.6 is 0 Å². The van der Waals surface area contributed by atoms with Crippen molar-refractivity contribution in [1.29, 1.82) is 0 Å². The van der Waals surface area contributed by atoms with E-state index in [1.165, 1.54) is 6.07 Å². The summed E-state index contributed by atoms with van der Waals surface area (Å²) in [5.41, 5.74) is 29.5. The highest BCUT2D eigenvalue weighted by atomic mass is 16.5. The SMILES string of the molecule is Nc1ccc(C2(N)CC(N)(N)c3ccc(N)cc3O2)c(O)c1. The number of ether oxygens (including phenoxy) is 1. The largest absolute Gasteiger partial charge is 0.507 e. The molecular formula is C15H19N5O2. The second-order valence-corrected chi connectivity index (χ2v) is 5.74. The number of nitrogens with two attached hydrogens (primary N) is 5. The Balaban J connectivity index is 2.13. The zero-order valence-electron chi connectivity index (χ0n) is 11.9. The molecule has 7 heteroatoms. The minimum atomic E-state index is -1.39. The van der Waals surface area contributed by atoms with Gasteiger partial charge in [0.1, 0.15) is 11.5 Å². The van der Waals surface area contributed by atoms with Crippen LogP contribution in [0.25, 0.3) is 0 Å². The molecule has 1 heterocycles. The zero-order valence-corrected chi connectivity index (χ0v) is 11.9. The topological polar surface area (TPSA) is 160 Å². The monoisotopic (exact) mass is 301 g/mol. The number of fused-ring (bicyclic) bond motifs is 1. The first kappa shape index (κ1) is 14.5. The highest BCUT2D eigenvalue weighted by Gasteiger charge is 2.46. The number of aromatic hydroxyl groups is 1. The molecule has 1 aliphatic rings. The number of anilines is 2. The van der Waals surface area contributed by atoms with Gasteiger partial charge in [0.15, 0.2) is 5.72 Å². The van der Waals surface area contributed by atoms with E-state index in [2.05, 4.69) is 0 Å². The van der Waals surface area contributed by atoms with Crippen molar-refractivity contribution in [3.63, 3.8) is 0 Å². The second kappa shape index (κ2) is 4.51. The minimum absolute atomic E-state index is 0.0778. The lowest BCUT2D eigenvalue weighted by molar-refractivity contribution is 0.0131. The molecule has 1 atom stereocenters. The Morgan fingerprint density at radius 3 is 2.14 bits per heavy atom. The van der Waals surface area contributed by atoms with Crippen LogP contribution in [0.3, 0.4) is 0 Å². The van der Waals surface area contributed by atoms with Crippen molar-refractivity contribution in [1.82, 2.24) is 0 Å². The number of rotatable bonds is 1. The summed E-state index contributed by atoms with van der Waals surface area (Å²) in [4.78, 5) is 0. The van der Waals surface area contributed by atoms with Gasteiger partial charge in [-0.2, -0.15) is 0 Å². The van der Waals surface area contributed by atoms with Crippen molar-refractivity contribution in [3.8, 4) is 11.5 Å². The van der Waals surface area contributed by atoms with E-state index in [9.17, 15) is 5.11 Å². The van der Waals surface area contributed by atoms with Gasteiger partial charge in [-0.1, -0.05) is 6.07 Å². The first-order chi connectivity index (χ1) is 10.2. The molecule has 22 heavy (non-hydrogen) atoms. The lowest BCUT2D eigenvalue weighted by atomic mass is 9.84. The summed E-state index contributed by atoms with van der Waals surface area (Å²) in [6, 6.07) is 9.64. The summed E-state index contributed by atoms with van der Waals surface area (Å²) in [6.07, 6.45) is 0.0778. The van der Waals surface area contributed by atoms with E-state index in [1.54, 1.807) is 30.3 Å². The molecule has 0 bridgehead atoms. The normalized spacial score (nSPS) is 22.7. The Morgan fingerprint density at radius 1 is 0.909 bits per heavy atom. The van der Waals surface area contributed by atoms with E-state index in [0.717, 1.165) is 0 Å². The molecule has 2 aromatic rings. The summed E-state index contributed by atoms with van der Waals surface area (Å²) in [7, 11) is 0. The molecule has 1 aliphatic heterocycles. The lowest BCUT2D eigenvalue weighted by Gasteiger charge is -2.43. The van der Waals surface area contributed by atoms with Gasteiger partial charge in [0.2, 0.25) is 0 Å². The molecule has 0 amide bonds. The maximum absolute atomic E-state index is 10.1. The van der Waals surface area contributed by atoms with Gasteiger partial charge in [-0.3, -0.25) is 5.73 Å². The fourth-order valence-electron chi connectivity index (χ4n) is 2.83. The van der Waals surface area contributed by atoms with Crippen molar-refractivity contribution in [2.24, 2.45) is 17.2 Å². The van der Waals surface area contributed by atoms with Gasteiger partial charge in [-0.15, -0.1) is 0 Å². The number of phenolic OH excluding ortho intramolecular Hbond substituents is 1. The van der Waals surface area contributed by atoms with Gasteiger partial charge < -0.3 is 32.8 Å². The fraction of sp³-hybridized carbons (Fsp3) is 0.200. The third-order valence-corrected chi connectivity index (χ3v) is 3.83. The molecule has 1 unspecified atom stereocenters. The lowest BCUT2D eigenvalue weighted by Crippen LogP contribution is -2.59. The van der Waals surface area contributed by atoms with Gasteiger partial charge in [-0.25, -0.2) is 0 Å². The van der Waals surface area contributed by atoms with Crippen LogP contribution in [0.4, 0.5) is 11.4 Å². The van der Waals surface area contributed by atoms with Gasteiger partial charge in [0.05, 0.1) is 11.2 Å². The van der Waals surface area contributed by atoms with Crippen LogP contribution < -0.4 is 33.4 Å². The van der Waals surface area contributed by atoms with Gasteiger partial charge in [0, 0.05) is 35.5 Å². The Hall–Kier alpha value is -2.48. The van der Waals surface area contributed by atoms with Gasteiger partial charge >= 0.3 is 0 Å². The van der Waals surface area contributed by atoms with Crippen molar-refractivity contribution in [3.05, 3.63) is 47.5 Å². The second-order valence-electron chi connectivity index (χ2n) is 5.74. The smallest absolute Gasteiger partial charge is 0.191 e. The highest BCUT2D eigenvalue weighted by Crippen LogP contribution is 2.44. The average molecular weight is 301 g/mol. The molecule has 0 fully saturated rings. The predicted molar refractivity (Wildman–Crippen MR) is 84.5 cm³/mol. The Morgan fingerprint density at radius 2 is 1.50 bits per heavy atom.